The number of aromatic nitrogens is 1. The van der Waals surface area contributed by atoms with Crippen molar-refractivity contribution in [1.82, 2.24) is 4.98 Å². The van der Waals surface area contributed by atoms with Gasteiger partial charge in [0.25, 0.3) is 5.91 Å². The van der Waals surface area contributed by atoms with Crippen LogP contribution in [0.15, 0.2) is 72.8 Å². The lowest BCUT2D eigenvalue weighted by Crippen LogP contribution is -2.34. The lowest BCUT2D eigenvalue weighted by atomic mass is 10.2. The van der Waals surface area contributed by atoms with Crippen molar-refractivity contribution < 1.29 is 14.3 Å². The summed E-state index contributed by atoms with van der Waals surface area (Å²) in [5.74, 6) is 1.11. The smallest absolute Gasteiger partial charge is 0.267 e. The molecule has 152 valence electrons. The van der Waals surface area contributed by atoms with E-state index in [2.05, 4.69) is 6.07 Å². The number of thiazole rings is 1. The Labute approximate surface area is 179 Å². The normalized spacial score (nSPS) is 10.7. The Morgan fingerprint density at radius 2 is 1.80 bits per heavy atom. The fraction of sp³-hybridized carbons (Fsp3) is 0.167. The maximum atomic E-state index is 13.2. The molecule has 0 bridgehead atoms. The first kappa shape index (κ1) is 19.9. The molecule has 0 unspecified atom stereocenters. The molecule has 0 aliphatic rings. The number of aryl methyl sites for hydroxylation is 1. The van der Waals surface area contributed by atoms with Crippen LogP contribution in [-0.2, 0) is 11.3 Å². The maximum absolute atomic E-state index is 13.2. The molecule has 0 fully saturated rings. The minimum absolute atomic E-state index is 0.0883. The second kappa shape index (κ2) is 8.97. The van der Waals surface area contributed by atoms with Crippen LogP contribution in [-0.4, -0.2) is 24.6 Å². The summed E-state index contributed by atoms with van der Waals surface area (Å²) in [5, 5.41) is 0.665. The van der Waals surface area contributed by atoms with Crippen molar-refractivity contribution in [2.24, 2.45) is 0 Å². The second-order valence-electron chi connectivity index (χ2n) is 6.90. The molecular formula is C24H22N2O3S. The van der Waals surface area contributed by atoms with E-state index in [-0.39, 0.29) is 12.5 Å². The number of ether oxygens (including phenoxy) is 2. The van der Waals surface area contributed by atoms with Gasteiger partial charge in [0.1, 0.15) is 11.5 Å². The van der Waals surface area contributed by atoms with Crippen LogP contribution in [0.4, 0.5) is 5.13 Å². The molecule has 5 nitrogen and oxygen atoms in total. The fourth-order valence-electron chi connectivity index (χ4n) is 3.08. The first-order valence-corrected chi connectivity index (χ1v) is 10.4. The monoisotopic (exact) mass is 418 g/mol. The van der Waals surface area contributed by atoms with Crippen LogP contribution < -0.4 is 14.4 Å². The van der Waals surface area contributed by atoms with Crippen molar-refractivity contribution in [3.8, 4) is 11.5 Å². The summed E-state index contributed by atoms with van der Waals surface area (Å²) in [6, 6.07) is 23.2. The highest BCUT2D eigenvalue weighted by atomic mass is 32.1. The number of fused-ring (bicyclic) bond motifs is 1. The van der Waals surface area contributed by atoms with E-state index in [1.165, 1.54) is 16.9 Å². The van der Waals surface area contributed by atoms with Crippen molar-refractivity contribution in [3.05, 3.63) is 83.9 Å². The van der Waals surface area contributed by atoms with Crippen molar-refractivity contribution in [2.75, 3.05) is 18.6 Å². The van der Waals surface area contributed by atoms with E-state index in [4.69, 9.17) is 14.5 Å². The molecule has 0 radical (unpaired) electrons. The van der Waals surface area contributed by atoms with E-state index in [0.29, 0.717) is 23.2 Å². The molecule has 3 aromatic carbocycles. The number of amides is 1. The Morgan fingerprint density at radius 3 is 2.60 bits per heavy atom. The molecule has 0 aliphatic carbocycles. The lowest BCUT2D eigenvalue weighted by Gasteiger charge is -2.20. The summed E-state index contributed by atoms with van der Waals surface area (Å²) in [6.07, 6.45) is 0. The Bertz CT molecular complexity index is 1160. The topological polar surface area (TPSA) is 51.7 Å². The molecule has 4 aromatic rings. The highest BCUT2D eigenvalue weighted by Crippen LogP contribution is 2.31. The molecule has 6 heteroatoms. The fourth-order valence-corrected chi connectivity index (χ4v) is 4.16. The van der Waals surface area contributed by atoms with Crippen LogP contribution in [0.2, 0.25) is 0 Å². The Balaban J connectivity index is 1.59. The highest BCUT2D eigenvalue weighted by Gasteiger charge is 2.21. The van der Waals surface area contributed by atoms with Gasteiger partial charge in [0.2, 0.25) is 0 Å². The first-order chi connectivity index (χ1) is 14.6. The second-order valence-corrected chi connectivity index (χ2v) is 7.91. The minimum Gasteiger partial charge on any atom is -0.497 e. The van der Waals surface area contributed by atoms with Gasteiger partial charge in [-0.2, -0.15) is 0 Å². The molecule has 0 saturated heterocycles. The van der Waals surface area contributed by atoms with E-state index in [1.807, 2.05) is 61.5 Å². The Morgan fingerprint density at radius 1 is 1.00 bits per heavy atom. The van der Waals surface area contributed by atoms with Gasteiger partial charge in [-0.25, -0.2) is 4.98 Å². The molecule has 1 aromatic heterocycles. The van der Waals surface area contributed by atoms with Gasteiger partial charge in [-0.05, 0) is 42.3 Å². The van der Waals surface area contributed by atoms with Crippen LogP contribution in [0.25, 0.3) is 10.2 Å². The number of carbonyl (C=O) groups is 1. The molecule has 1 heterocycles. The number of methoxy groups -OCH3 is 1. The summed E-state index contributed by atoms with van der Waals surface area (Å²) in [7, 11) is 1.60. The average Bonchev–Trinajstić information content (AvgIpc) is 3.19. The van der Waals surface area contributed by atoms with Gasteiger partial charge in [0.15, 0.2) is 11.7 Å². The molecule has 0 N–H and O–H groups in total. The third kappa shape index (κ3) is 4.60. The van der Waals surface area contributed by atoms with Gasteiger partial charge in [0.05, 0.1) is 23.9 Å². The van der Waals surface area contributed by atoms with Gasteiger partial charge in [-0.1, -0.05) is 53.8 Å². The third-order valence-electron chi connectivity index (χ3n) is 4.65. The lowest BCUT2D eigenvalue weighted by molar-refractivity contribution is -0.120. The quantitative estimate of drug-likeness (QED) is 0.413. The predicted molar refractivity (Wildman–Crippen MR) is 120 cm³/mol. The number of anilines is 1. The van der Waals surface area contributed by atoms with E-state index >= 15 is 0 Å². The van der Waals surface area contributed by atoms with Crippen LogP contribution in [0.1, 0.15) is 11.1 Å². The molecule has 4 rings (SSSR count). The molecule has 0 aliphatic heterocycles. The summed E-state index contributed by atoms with van der Waals surface area (Å²) in [6.45, 7) is 2.39. The van der Waals surface area contributed by atoms with E-state index in [9.17, 15) is 4.79 Å². The number of carbonyl (C=O) groups excluding carboxylic acids is 1. The first-order valence-electron chi connectivity index (χ1n) is 9.61. The van der Waals surface area contributed by atoms with Crippen molar-refractivity contribution in [1.29, 1.82) is 0 Å². The number of nitrogens with zero attached hydrogens (tertiary/aromatic N) is 2. The minimum atomic E-state index is -0.155. The Kier molecular flexibility index (Phi) is 5.95. The molecule has 30 heavy (non-hydrogen) atoms. The van der Waals surface area contributed by atoms with Crippen molar-refractivity contribution in [2.45, 2.75) is 13.5 Å². The predicted octanol–water partition coefficient (Wildman–Crippen LogP) is 5.23. The standard InChI is InChI=1S/C24H22N2O3S/c1-17-11-12-21-22(13-17)30-24(25-21)26(15-18-7-4-3-5-8-18)23(27)16-29-20-10-6-9-19(14-20)28-2/h3-14H,15-16H2,1-2H3. The zero-order chi connectivity index (χ0) is 20.9. The molecule has 1 amide bonds. The van der Waals surface area contributed by atoms with Gasteiger partial charge in [-0.3, -0.25) is 9.69 Å². The van der Waals surface area contributed by atoms with Crippen LogP contribution in [0.5, 0.6) is 11.5 Å². The van der Waals surface area contributed by atoms with Crippen LogP contribution >= 0.6 is 11.3 Å². The number of hydrogen-bond donors (Lipinski definition) is 0. The third-order valence-corrected chi connectivity index (χ3v) is 5.69. The molecule has 0 spiro atoms. The Hall–Kier alpha value is -3.38. The van der Waals surface area contributed by atoms with Gasteiger partial charge in [0, 0.05) is 6.07 Å². The van der Waals surface area contributed by atoms with E-state index in [0.717, 1.165) is 15.8 Å². The number of benzene rings is 3. The maximum Gasteiger partial charge on any atom is 0.267 e. The summed E-state index contributed by atoms with van der Waals surface area (Å²) in [4.78, 5) is 19.5. The summed E-state index contributed by atoms with van der Waals surface area (Å²) in [5.41, 5.74) is 3.09. The van der Waals surface area contributed by atoms with E-state index in [1.54, 1.807) is 24.1 Å². The summed E-state index contributed by atoms with van der Waals surface area (Å²) < 4.78 is 12.0. The molecule has 0 atom stereocenters. The van der Waals surface area contributed by atoms with Crippen LogP contribution in [0, 0.1) is 6.92 Å². The van der Waals surface area contributed by atoms with Gasteiger partial charge >= 0.3 is 0 Å². The SMILES string of the molecule is COc1cccc(OCC(=O)N(Cc2ccccc2)c2nc3ccc(C)cc3s2)c1. The van der Waals surface area contributed by atoms with Crippen molar-refractivity contribution >= 4 is 32.6 Å². The highest BCUT2D eigenvalue weighted by molar-refractivity contribution is 7.22. The van der Waals surface area contributed by atoms with Crippen molar-refractivity contribution in [3.63, 3.8) is 0 Å². The van der Waals surface area contributed by atoms with E-state index < -0.39 is 0 Å². The summed E-state index contributed by atoms with van der Waals surface area (Å²) >= 11 is 1.51. The average molecular weight is 419 g/mol. The number of hydrogen-bond acceptors (Lipinski definition) is 5. The van der Waals surface area contributed by atoms with Crippen LogP contribution in [0.3, 0.4) is 0 Å². The number of rotatable bonds is 7. The zero-order valence-corrected chi connectivity index (χ0v) is 17.7. The molecule has 0 saturated carbocycles. The molecular weight excluding hydrogens is 396 g/mol. The zero-order valence-electron chi connectivity index (χ0n) is 16.9. The van der Waals surface area contributed by atoms with Gasteiger partial charge < -0.3 is 9.47 Å². The van der Waals surface area contributed by atoms with Gasteiger partial charge in [-0.15, -0.1) is 0 Å². The largest absolute Gasteiger partial charge is 0.497 e.